The van der Waals surface area contributed by atoms with E-state index in [1.165, 1.54) is 0 Å². The van der Waals surface area contributed by atoms with Crippen molar-refractivity contribution in [1.82, 2.24) is 0 Å². The molecule has 0 aromatic heterocycles. The molecule has 0 aliphatic carbocycles. The van der Waals surface area contributed by atoms with E-state index in [9.17, 15) is 18.0 Å². The Kier molecular flexibility index (Phi) is 2.90. The highest BCUT2D eigenvalue weighted by Crippen LogP contribution is 1.87. The Hall–Kier alpha value is -1.21. The normalized spacial score (nSPS) is 11.7. The average molecular weight is 180 g/mol. The lowest BCUT2D eigenvalue weighted by atomic mass is 10.5. The maximum Gasteiger partial charge on any atom is 0.332 e. The van der Waals surface area contributed by atoms with Gasteiger partial charge in [-0.25, -0.2) is 4.79 Å². The Balaban J connectivity index is 4.46. The summed E-state index contributed by atoms with van der Waals surface area (Å²) >= 11 is 0. The van der Waals surface area contributed by atoms with Crippen LogP contribution in [-0.2, 0) is 19.7 Å². The summed E-state index contributed by atoms with van der Waals surface area (Å²) in [6.45, 7) is 0. The molecule has 0 atom stereocenters. The van der Waals surface area contributed by atoms with Gasteiger partial charge in [-0.3, -0.25) is 9.35 Å². The van der Waals surface area contributed by atoms with Gasteiger partial charge in [0.1, 0.15) is 0 Å². The van der Waals surface area contributed by atoms with E-state index in [0.717, 1.165) is 0 Å². The Bertz CT molecular complexity index is 297. The van der Waals surface area contributed by atoms with Crippen LogP contribution < -0.4 is 0 Å². The van der Waals surface area contributed by atoms with Crippen molar-refractivity contribution in [3.8, 4) is 0 Å². The molecule has 0 aliphatic rings. The molecule has 0 bridgehead atoms. The fraction of sp³-hybridized carbons (Fsp3) is 0. The third-order valence-electron chi connectivity index (χ3n) is 0.616. The van der Waals surface area contributed by atoms with Crippen LogP contribution in [0, 0.1) is 0 Å². The van der Waals surface area contributed by atoms with Crippen molar-refractivity contribution >= 4 is 21.2 Å². The second-order valence-corrected chi connectivity index (χ2v) is 2.82. The topological polar surface area (TPSA) is 109 Å². The molecule has 0 spiro atoms. The van der Waals surface area contributed by atoms with E-state index >= 15 is 0 Å². The highest BCUT2D eigenvalue weighted by molar-refractivity contribution is 8.01. The van der Waals surface area contributed by atoms with Crippen molar-refractivity contribution in [1.29, 1.82) is 0 Å². The monoisotopic (exact) mass is 180 g/mol. The van der Waals surface area contributed by atoms with Crippen molar-refractivity contribution < 1.29 is 27.7 Å². The smallest absolute Gasteiger partial charge is 0.332 e. The lowest BCUT2D eigenvalue weighted by molar-refractivity contribution is -0.131. The Morgan fingerprint density at radius 2 is 1.64 bits per heavy atom. The van der Waals surface area contributed by atoms with E-state index in [-0.39, 0.29) is 6.08 Å². The number of carboxylic acid groups (broad SMARTS) is 1. The van der Waals surface area contributed by atoms with Crippen molar-refractivity contribution in [2.24, 2.45) is 0 Å². The zero-order valence-corrected chi connectivity index (χ0v) is 5.91. The highest BCUT2D eigenvalue weighted by Gasteiger charge is 2.14. The summed E-state index contributed by atoms with van der Waals surface area (Å²) in [6, 6.07) is 0. The maximum absolute atomic E-state index is 10.2. The molecule has 0 aliphatic heterocycles. The van der Waals surface area contributed by atoms with Gasteiger partial charge in [-0.05, 0) is 0 Å². The summed E-state index contributed by atoms with van der Waals surface area (Å²) in [5.41, 5.74) is 0. The molecule has 0 amide bonds. The molecular formula is C4H4O6S. The van der Waals surface area contributed by atoms with Crippen LogP contribution in [-0.4, -0.2) is 29.2 Å². The number of hydrogen-bond acceptors (Lipinski definition) is 4. The van der Waals surface area contributed by atoms with Gasteiger partial charge in [0.05, 0.1) is 0 Å². The lowest BCUT2D eigenvalue weighted by Crippen LogP contribution is -2.10. The van der Waals surface area contributed by atoms with Gasteiger partial charge in [-0.2, -0.15) is 8.42 Å². The molecule has 0 aromatic rings. The Labute approximate surface area is 61.9 Å². The van der Waals surface area contributed by atoms with Gasteiger partial charge in [0, 0.05) is 12.2 Å². The zero-order chi connectivity index (χ0) is 9.07. The molecule has 0 rings (SSSR count). The van der Waals surface area contributed by atoms with Gasteiger partial charge < -0.3 is 5.11 Å². The van der Waals surface area contributed by atoms with E-state index in [0.29, 0.717) is 6.08 Å². The van der Waals surface area contributed by atoms with Gasteiger partial charge in [0.25, 0.3) is 5.12 Å². The number of carboxylic acids is 1. The molecule has 11 heavy (non-hydrogen) atoms. The summed E-state index contributed by atoms with van der Waals surface area (Å²) in [5.74, 6) is -1.47. The van der Waals surface area contributed by atoms with Gasteiger partial charge in [0.15, 0.2) is 0 Å². The predicted octanol–water partition coefficient (Wildman–Crippen LogP) is -0.958. The minimum absolute atomic E-state index is 0.248. The number of hydrogen-bond donors (Lipinski definition) is 2. The standard InChI is InChI=1S/C4H4O6S/c5-3(6)1-2-4(7)11(8,9)10/h1-2H,(H,5,6)(H,8,9,10)/b2-1-. The van der Waals surface area contributed by atoms with Crippen molar-refractivity contribution in [3.05, 3.63) is 12.2 Å². The van der Waals surface area contributed by atoms with Gasteiger partial charge in [0.2, 0.25) is 0 Å². The number of aliphatic carboxylic acids is 1. The first-order valence-electron chi connectivity index (χ1n) is 2.26. The quantitative estimate of drug-likeness (QED) is 0.418. The minimum atomic E-state index is -4.79. The minimum Gasteiger partial charge on any atom is -0.478 e. The first kappa shape index (κ1) is 9.79. The van der Waals surface area contributed by atoms with E-state index < -0.39 is 21.2 Å². The summed E-state index contributed by atoms with van der Waals surface area (Å²) in [6.07, 6.45) is 0.563. The van der Waals surface area contributed by atoms with Gasteiger partial charge in [-0.15, -0.1) is 0 Å². The van der Waals surface area contributed by atoms with Gasteiger partial charge in [-0.1, -0.05) is 0 Å². The van der Waals surface area contributed by atoms with Crippen LogP contribution >= 0.6 is 0 Å². The van der Waals surface area contributed by atoms with Crippen LogP contribution in [0.15, 0.2) is 12.2 Å². The Morgan fingerprint density at radius 1 is 1.18 bits per heavy atom. The molecule has 0 saturated heterocycles. The fourth-order valence-corrected chi connectivity index (χ4v) is 0.465. The molecule has 0 unspecified atom stereocenters. The molecular weight excluding hydrogens is 176 g/mol. The third kappa shape index (κ3) is 4.23. The second kappa shape index (κ2) is 3.26. The van der Waals surface area contributed by atoms with Crippen LogP contribution in [0.2, 0.25) is 0 Å². The highest BCUT2D eigenvalue weighted by atomic mass is 32.2. The van der Waals surface area contributed by atoms with E-state index in [4.69, 9.17) is 9.66 Å². The molecule has 7 heteroatoms. The van der Waals surface area contributed by atoms with Crippen LogP contribution in [0.1, 0.15) is 0 Å². The SMILES string of the molecule is O=C(O)/C=C\C(=O)S(=O)(=O)O. The van der Waals surface area contributed by atoms with E-state index in [1.54, 1.807) is 0 Å². The zero-order valence-electron chi connectivity index (χ0n) is 5.09. The molecule has 0 radical (unpaired) electrons. The summed E-state index contributed by atoms with van der Waals surface area (Å²) in [4.78, 5) is 19.9. The van der Waals surface area contributed by atoms with Crippen molar-refractivity contribution in [2.75, 3.05) is 0 Å². The predicted molar refractivity (Wildman–Crippen MR) is 33.3 cm³/mol. The van der Waals surface area contributed by atoms with Crippen LogP contribution in [0.5, 0.6) is 0 Å². The maximum atomic E-state index is 10.2. The second-order valence-electron chi connectivity index (χ2n) is 1.47. The molecule has 0 aromatic carbocycles. The van der Waals surface area contributed by atoms with Crippen LogP contribution in [0.25, 0.3) is 0 Å². The Morgan fingerprint density at radius 3 is 1.91 bits per heavy atom. The molecule has 62 valence electrons. The van der Waals surface area contributed by atoms with E-state index in [2.05, 4.69) is 0 Å². The summed E-state index contributed by atoms with van der Waals surface area (Å²) in [7, 11) is -4.79. The number of carbonyl (C=O) groups excluding carboxylic acids is 1. The first-order chi connectivity index (χ1) is 4.84. The molecule has 0 fully saturated rings. The van der Waals surface area contributed by atoms with Gasteiger partial charge >= 0.3 is 16.1 Å². The summed E-state index contributed by atoms with van der Waals surface area (Å²) < 4.78 is 27.8. The fourth-order valence-electron chi connectivity index (χ4n) is 0.225. The van der Waals surface area contributed by atoms with E-state index in [1.807, 2.05) is 0 Å². The van der Waals surface area contributed by atoms with Crippen LogP contribution in [0.3, 0.4) is 0 Å². The molecule has 0 heterocycles. The molecule has 0 saturated carbocycles. The van der Waals surface area contributed by atoms with Crippen LogP contribution in [0.4, 0.5) is 0 Å². The van der Waals surface area contributed by atoms with Crippen molar-refractivity contribution in [3.63, 3.8) is 0 Å². The first-order valence-corrected chi connectivity index (χ1v) is 3.70. The number of carbonyl (C=O) groups is 2. The lowest BCUT2D eigenvalue weighted by Gasteiger charge is -1.84. The third-order valence-corrected chi connectivity index (χ3v) is 1.26. The van der Waals surface area contributed by atoms with Crippen molar-refractivity contribution in [2.45, 2.75) is 0 Å². The number of rotatable bonds is 2. The molecule has 6 nitrogen and oxygen atoms in total. The summed E-state index contributed by atoms with van der Waals surface area (Å²) in [5, 5.41) is 6.26. The average Bonchev–Trinajstić information content (AvgIpc) is 1.80. The molecule has 2 N–H and O–H groups in total. The largest absolute Gasteiger partial charge is 0.478 e.